The number of rotatable bonds is 6. The van der Waals surface area contributed by atoms with Gasteiger partial charge in [0.15, 0.2) is 22.8 Å². The van der Waals surface area contributed by atoms with Crippen molar-refractivity contribution in [3.05, 3.63) is 77.6 Å². The van der Waals surface area contributed by atoms with Gasteiger partial charge in [-0.05, 0) is 67.8 Å². The van der Waals surface area contributed by atoms with Crippen LogP contribution < -0.4 is 10.1 Å². The second kappa shape index (κ2) is 9.57. The van der Waals surface area contributed by atoms with Crippen molar-refractivity contribution in [2.24, 2.45) is 0 Å². The second-order valence-corrected chi connectivity index (χ2v) is 10.2. The molecule has 0 saturated heterocycles. The molecule has 1 aliphatic rings. The quantitative estimate of drug-likeness (QED) is 0.302. The monoisotopic (exact) mass is 539 g/mol. The molecule has 6 rings (SSSR count). The zero-order valence-electron chi connectivity index (χ0n) is 21.6. The van der Waals surface area contributed by atoms with E-state index in [1.165, 1.54) is 24.4 Å². The van der Waals surface area contributed by atoms with Crippen LogP contribution in [0.4, 0.5) is 14.6 Å². The highest BCUT2D eigenvalue weighted by molar-refractivity contribution is 5.86. The van der Waals surface area contributed by atoms with Crippen LogP contribution in [0.2, 0.25) is 0 Å². The first-order valence-corrected chi connectivity index (χ1v) is 12.5. The first kappa shape index (κ1) is 25.2. The molecule has 3 aromatic heterocycles. The first-order valence-electron chi connectivity index (χ1n) is 12.5. The summed E-state index contributed by atoms with van der Waals surface area (Å²) < 4.78 is 35.7. The largest absolute Gasteiger partial charge is 0.507 e. The summed E-state index contributed by atoms with van der Waals surface area (Å²) >= 11 is 0. The van der Waals surface area contributed by atoms with Crippen LogP contribution in [0.5, 0.6) is 11.8 Å². The minimum absolute atomic E-state index is 0.0211. The van der Waals surface area contributed by atoms with Crippen molar-refractivity contribution in [2.45, 2.75) is 25.8 Å². The number of pyridine rings is 1. The van der Waals surface area contributed by atoms with Gasteiger partial charge < -0.3 is 15.2 Å². The SMILES string of the molecule is CC1(C)COc2nc3c(NCCc4ccc(O)c(-c5cc(F)cc(C#N)c5)c4)nc(-c4cncc(F)c4)nc3n21. The first-order chi connectivity index (χ1) is 19.2. The maximum absolute atomic E-state index is 14.0. The number of nitriles is 1. The van der Waals surface area contributed by atoms with Crippen molar-refractivity contribution in [3.8, 4) is 40.3 Å². The molecule has 0 saturated carbocycles. The van der Waals surface area contributed by atoms with Crippen LogP contribution in [0.25, 0.3) is 33.7 Å². The number of anilines is 1. The van der Waals surface area contributed by atoms with E-state index in [-0.39, 0.29) is 11.3 Å². The number of imidazole rings is 1. The van der Waals surface area contributed by atoms with E-state index in [9.17, 15) is 19.1 Å². The van der Waals surface area contributed by atoms with E-state index >= 15 is 0 Å². The Labute approximate surface area is 227 Å². The van der Waals surface area contributed by atoms with E-state index in [2.05, 4.69) is 20.3 Å². The summed E-state index contributed by atoms with van der Waals surface area (Å²) in [6.45, 7) is 4.91. The van der Waals surface area contributed by atoms with Crippen molar-refractivity contribution in [3.63, 3.8) is 0 Å². The molecule has 1 aliphatic heterocycles. The van der Waals surface area contributed by atoms with E-state index in [1.54, 1.807) is 18.2 Å². The molecule has 4 heterocycles. The number of fused-ring (bicyclic) bond motifs is 3. The maximum Gasteiger partial charge on any atom is 0.299 e. The molecule has 0 bridgehead atoms. The fourth-order valence-electron chi connectivity index (χ4n) is 4.78. The topological polar surface area (TPSA) is 122 Å². The Morgan fingerprint density at radius 1 is 1.05 bits per heavy atom. The number of ether oxygens (including phenoxy) is 1. The van der Waals surface area contributed by atoms with Gasteiger partial charge in [0, 0.05) is 23.9 Å². The lowest BCUT2D eigenvalue weighted by molar-refractivity contribution is 0.268. The van der Waals surface area contributed by atoms with Gasteiger partial charge in [-0.15, -0.1) is 0 Å². The minimum Gasteiger partial charge on any atom is -0.507 e. The van der Waals surface area contributed by atoms with Crippen molar-refractivity contribution in [2.75, 3.05) is 18.5 Å². The third-order valence-corrected chi connectivity index (χ3v) is 6.70. The summed E-state index contributed by atoms with van der Waals surface area (Å²) in [5.41, 5.74) is 2.96. The summed E-state index contributed by atoms with van der Waals surface area (Å²) in [5, 5.41) is 22.9. The van der Waals surface area contributed by atoms with E-state index in [0.29, 0.717) is 65.1 Å². The highest BCUT2D eigenvalue weighted by atomic mass is 19.1. The van der Waals surface area contributed by atoms with Gasteiger partial charge in [0.2, 0.25) is 0 Å². The third-order valence-electron chi connectivity index (χ3n) is 6.70. The number of aromatic hydroxyl groups is 1. The Morgan fingerprint density at radius 2 is 1.88 bits per heavy atom. The zero-order valence-corrected chi connectivity index (χ0v) is 21.6. The molecule has 0 amide bonds. The number of aromatic nitrogens is 5. The Hall–Kier alpha value is -5.11. The highest BCUT2D eigenvalue weighted by Gasteiger charge is 2.36. The van der Waals surface area contributed by atoms with E-state index in [0.717, 1.165) is 17.8 Å². The molecular formula is C29H23F2N7O2. The third kappa shape index (κ3) is 4.53. The van der Waals surface area contributed by atoms with Crippen molar-refractivity contribution >= 4 is 17.0 Å². The lowest BCUT2D eigenvalue weighted by atomic mass is 9.99. The van der Waals surface area contributed by atoms with Gasteiger partial charge >= 0.3 is 0 Å². The average Bonchev–Trinajstić information content (AvgIpc) is 3.46. The minimum atomic E-state index is -0.559. The van der Waals surface area contributed by atoms with Crippen LogP contribution in [0.15, 0.2) is 54.9 Å². The number of phenolic OH excluding ortho intramolecular Hbond substituents is 1. The van der Waals surface area contributed by atoms with Crippen LogP contribution >= 0.6 is 0 Å². The molecule has 9 nitrogen and oxygen atoms in total. The molecule has 40 heavy (non-hydrogen) atoms. The predicted molar refractivity (Wildman–Crippen MR) is 144 cm³/mol. The molecule has 0 aliphatic carbocycles. The number of halogens is 2. The molecule has 0 radical (unpaired) electrons. The molecule has 2 N–H and O–H groups in total. The van der Waals surface area contributed by atoms with Crippen molar-refractivity contribution in [1.82, 2.24) is 24.5 Å². The van der Waals surface area contributed by atoms with Gasteiger partial charge in [0.25, 0.3) is 6.01 Å². The number of nitrogens with zero attached hydrogens (tertiary/aromatic N) is 6. The van der Waals surface area contributed by atoms with Crippen molar-refractivity contribution < 1.29 is 18.6 Å². The number of hydrogen-bond acceptors (Lipinski definition) is 8. The molecule has 200 valence electrons. The van der Waals surface area contributed by atoms with E-state index < -0.39 is 17.2 Å². The van der Waals surface area contributed by atoms with Crippen LogP contribution in [-0.4, -0.2) is 42.8 Å². The Kier molecular flexibility index (Phi) is 6.03. The Bertz CT molecular complexity index is 1830. The summed E-state index contributed by atoms with van der Waals surface area (Å²) in [4.78, 5) is 17.9. The summed E-state index contributed by atoms with van der Waals surface area (Å²) in [6, 6.07) is 12.7. The standard InChI is InChI=1S/C29H23F2N7O2/c1-29(2)15-40-28-35-24-26(36-25(37-27(24)38(28)29)19-11-21(31)14-33-13-19)34-6-5-16-3-4-23(39)22(9-16)18-7-17(12-32)8-20(30)10-18/h3-4,7-11,13-14,39H,5-6,15H2,1-2H3,(H,34,36,37). The zero-order chi connectivity index (χ0) is 28.0. The fraction of sp³-hybridized carbons (Fsp3) is 0.207. The van der Waals surface area contributed by atoms with Gasteiger partial charge in [0.05, 0.1) is 23.4 Å². The molecule has 0 atom stereocenters. The molecule has 11 heteroatoms. The highest BCUT2D eigenvalue weighted by Crippen LogP contribution is 2.37. The van der Waals surface area contributed by atoms with Crippen molar-refractivity contribution in [1.29, 1.82) is 5.26 Å². The van der Waals surface area contributed by atoms with Crippen LogP contribution in [-0.2, 0) is 12.0 Å². The molecule has 0 unspecified atom stereocenters. The fourth-order valence-corrected chi connectivity index (χ4v) is 4.78. The van der Waals surface area contributed by atoms with Crippen LogP contribution in [0.1, 0.15) is 25.0 Å². The molecule has 0 spiro atoms. The van der Waals surface area contributed by atoms with Gasteiger partial charge in [-0.2, -0.15) is 10.2 Å². The molecular weight excluding hydrogens is 516 g/mol. The number of benzene rings is 2. The van der Waals surface area contributed by atoms with Crippen LogP contribution in [0.3, 0.4) is 0 Å². The van der Waals surface area contributed by atoms with Gasteiger partial charge in [0.1, 0.15) is 24.0 Å². The Morgan fingerprint density at radius 3 is 2.67 bits per heavy atom. The number of hydrogen-bond donors (Lipinski definition) is 2. The summed E-state index contributed by atoms with van der Waals surface area (Å²) in [6.07, 6.45) is 3.14. The van der Waals surface area contributed by atoms with Gasteiger partial charge in [-0.1, -0.05) is 6.07 Å². The van der Waals surface area contributed by atoms with Gasteiger partial charge in [-0.3, -0.25) is 9.55 Å². The summed E-state index contributed by atoms with van der Waals surface area (Å²) in [7, 11) is 0. The Balaban J connectivity index is 1.32. The number of nitrogens with one attached hydrogen (secondary N) is 1. The predicted octanol–water partition coefficient (Wildman–Crippen LogP) is 5.19. The number of phenols is 1. The lowest BCUT2D eigenvalue weighted by Gasteiger charge is -2.18. The van der Waals surface area contributed by atoms with Crippen LogP contribution in [0, 0.1) is 23.0 Å². The van der Waals surface area contributed by atoms with Gasteiger partial charge in [-0.25, -0.2) is 18.7 Å². The normalized spacial score (nSPS) is 13.6. The lowest BCUT2D eigenvalue weighted by Crippen LogP contribution is -2.25. The molecule has 5 aromatic rings. The summed E-state index contributed by atoms with van der Waals surface area (Å²) in [5.74, 6) is -0.336. The molecule has 2 aromatic carbocycles. The average molecular weight is 540 g/mol. The van der Waals surface area contributed by atoms with E-state index in [4.69, 9.17) is 9.72 Å². The molecule has 0 fully saturated rings. The van der Waals surface area contributed by atoms with E-state index in [1.807, 2.05) is 24.5 Å². The second-order valence-electron chi connectivity index (χ2n) is 10.2. The maximum atomic E-state index is 14.0. The smallest absolute Gasteiger partial charge is 0.299 e.